The maximum Gasteiger partial charge on any atom is 0.422 e. The number of carbonyl (C=O) groups excluding carboxylic acids is 5. The van der Waals surface area contributed by atoms with Gasteiger partial charge in [-0.25, -0.2) is 4.79 Å². The van der Waals surface area contributed by atoms with Crippen molar-refractivity contribution in [3.8, 4) is 0 Å². The molecule has 0 amide bonds. The minimum atomic E-state index is -2.39. The molecule has 1 aromatic carbocycles. The van der Waals surface area contributed by atoms with Crippen molar-refractivity contribution >= 4 is 37.2 Å². The molecule has 6 unspecified atom stereocenters. The average molecular weight is 570 g/mol. The van der Waals surface area contributed by atoms with E-state index in [0.717, 1.165) is 33.3 Å². The van der Waals surface area contributed by atoms with Crippen LogP contribution in [0.2, 0.25) is 0 Å². The zero-order valence-corrected chi connectivity index (χ0v) is 23.9. The number of benzene rings is 1. The Labute approximate surface area is 227 Å². The minimum Gasteiger partial charge on any atom is -0.463 e. The van der Waals surface area contributed by atoms with E-state index < -0.39 is 74.5 Å². The molecule has 0 aromatic heterocycles. The molecule has 12 nitrogen and oxygen atoms in total. The zero-order chi connectivity index (χ0) is 29.4. The number of rotatable bonds is 11. The Hall–Kier alpha value is -3.21. The summed E-state index contributed by atoms with van der Waals surface area (Å²) >= 11 is 0. The van der Waals surface area contributed by atoms with Crippen LogP contribution in [-0.4, -0.2) is 79.5 Å². The van der Waals surface area contributed by atoms with E-state index in [2.05, 4.69) is 0 Å². The van der Waals surface area contributed by atoms with Gasteiger partial charge < -0.3 is 28.4 Å². The SMILES string of the molecule is CC(=O)OCC1OC(OCC[P+](=O)C(=O)c2c(C)cc(C)cc2C)C(OC(C)=O)C(OC(C)=O)C1OC(C)=O. The standard InChI is InChI=1S/C26H34O12P/c1-13-10-14(2)21(15(3)11-13)25(31)39(32)9-8-33-26-24(37-19(7)30)23(36-18(6)29)22(35-17(5)28)20(38-26)12-34-16(4)27/h10-11,20,22-24,26H,8-9,12H2,1-7H3/q+1. The maximum atomic E-state index is 12.9. The highest BCUT2D eigenvalue weighted by molar-refractivity contribution is 7.64. The number of hydrogen-bond donors (Lipinski definition) is 0. The van der Waals surface area contributed by atoms with E-state index >= 15 is 0 Å². The van der Waals surface area contributed by atoms with Crippen molar-refractivity contribution in [2.24, 2.45) is 0 Å². The third-order valence-electron chi connectivity index (χ3n) is 5.64. The van der Waals surface area contributed by atoms with Crippen LogP contribution in [0.3, 0.4) is 0 Å². The second-order valence-corrected chi connectivity index (χ2v) is 10.7. The number of carbonyl (C=O) groups is 5. The minimum absolute atomic E-state index is 0.187. The van der Waals surface area contributed by atoms with Crippen LogP contribution < -0.4 is 0 Å². The molecule has 1 heterocycles. The van der Waals surface area contributed by atoms with Crippen LogP contribution in [0.4, 0.5) is 0 Å². The van der Waals surface area contributed by atoms with E-state index in [-0.39, 0.29) is 12.8 Å². The molecule has 6 atom stereocenters. The zero-order valence-electron chi connectivity index (χ0n) is 23.0. The highest BCUT2D eigenvalue weighted by Crippen LogP contribution is 2.33. The summed E-state index contributed by atoms with van der Waals surface area (Å²) in [5, 5.41) is 0. The van der Waals surface area contributed by atoms with Gasteiger partial charge in [0.2, 0.25) is 0 Å². The lowest BCUT2D eigenvalue weighted by atomic mass is 9.98. The van der Waals surface area contributed by atoms with Crippen LogP contribution in [0.5, 0.6) is 0 Å². The van der Waals surface area contributed by atoms with E-state index in [1.807, 2.05) is 19.1 Å². The molecule has 1 aliphatic rings. The summed E-state index contributed by atoms with van der Waals surface area (Å²) < 4.78 is 45.4. The van der Waals surface area contributed by atoms with Crippen LogP contribution in [0, 0.1) is 20.8 Å². The Balaban J connectivity index is 2.27. The summed E-state index contributed by atoms with van der Waals surface area (Å²) in [6, 6.07) is 3.66. The topological polar surface area (TPSA) is 158 Å². The molecule has 0 N–H and O–H groups in total. The fourth-order valence-corrected chi connectivity index (χ4v) is 5.39. The highest BCUT2D eigenvalue weighted by Gasteiger charge is 2.53. The maximum absolute atomic E-state index is 12.9. The monoisotopic (exact) mass is 569 g/mol. The summed E-state index contributed by atoms with van der Waals surface area (Å²) in [7, 11) is -2.39. The first-order valence-electron chi connectivity index (χ1n) is 12.2. The molecule has 0 radical (unpaired) electrons. The van der Waals surface area contributed by atoms with Crippen molar-refractivity contribution in [1.82, 2.24) is 0 Å². The van der Waals surface area contributed by atoms with Gasteiger partial charge in [-0.1, -0.05) is 22.3 Å². The molecule has 1 aliphatic heterocycles. The Bertz CT molecular complexity index is 1110. The lowest BCUT2D eigenvalue weighted by Gasteiger charge is -2.43. The first-order chi connectivity index (χ1) is 18.2. The van der Waals surface area contributed by atoms with Crippen LogP contribution >= 0.6 is 7.80 Å². The van der Waals surface area contributed by atoms with Gasteiger partial charge in [-0.15, -0.1) is 0 Å². The first-order valence-corrected chi connectivity index (χ1v) is 13.6. The molecule has 1 aromatic rings. The van der Waals surface area contributed by atoms with Gasteiger partial charge in [0.1, 0.15) is 12.7 Å². The molecule has 0 spiro atoms. The molecule has 0 aliphatic carbocycles. The van der Waals surface area contributed by atoms with Crippen molar-refractivity contribution in [1.29, 1.82) is 0 Å². The molecule has 2 rings (SSSR count). The summed E-state index contributed by atoms with van der Waals surface area (Å²) in [6.07, 6.45) is -6.88. The van der Waals surface area contributed by atoms with Crippen LogP contribution in [-0.2, 0) is 52.2 Å². The molecule has 0 bridgehead atoms. The third-order valence-corrected chi connectivity index (χ3v) is 6.91. The Morgan fingerprint density at radius 1 is 0.795 bits per heavy atom. The van der Waals surface area contributed by atoms with Gasteiger partial charge in [-0.2, -0.15) is 0 Å². The Kier molecular flexibility index (Phi) is 11.7. The largest absolute Gasteiger partial charge is 0.463 e. The summed E-state index contributed by atoms with van der Waals surface area (Å²) in [6.45, 7) is 9.25. The Morgan fingerprint density at radius 2 is 1.31 bits per heavy atom. The molecular formula is C26H34O12P+. The van der Waals surface area contributed by atoms with Crippen LogP contribution in [0.1, 0.15) is 54.7 Å². The summed E-state index contributed by atoms with van der Waals surface area (Å²) in [5.74, 6) is -2.97. The van der Waals surface area contributed by atoms with Crippen molar-refractivity contribution in [3.05, 3.63) is 34.4 Å². The smallest absolute Gasteiger partial charge is 0.422 e. The molecule has 39 heavy (non-hydrogen) atoms. The molecule has 13 heteroatoms. The highest BCUT2D eigenvalue weighted by atomic mass is 31.1. The van der Waals surface area contributed by atoms with Gasteiger partial charge in [0.05, 0.1) is 12.2 Å². The Morgan fingerprint density at radius 3 is 1.82 bits per heavy atom. The third kappa shape index (κ3) is 9.19. The van der Waals surface area contributed by atoms with Gasteiger partial charge in [0.15, 0.2) is 30.8 Å². The predicted octanol–water partition coefficient (Wildman–Crippen LogP) is 2.68. The fourth-order valence-electron chi connectivity index (χ4n) is 4.32. The first kappa shape index (κ1) is 32.0. The van der Waals surface area contributed by atoms with Crippen molar-refractivity contribution in [3.63, 3.8) is 0 Å². The molecule has 214 valence electrons. The predicted molar refractivity (Wildman–Crippen MR) is 135 cm³/mol. The molecule has 0 saturated carbocycles. The van der Waals surface area contributed by atoms with Crippen molar-refractivity contribution in [2.45, 2.75) is 79.2 Å². The normalized spacial score (nSPS) is 22.8. The van der Waals surface area contributed by atoms with E-state index in [1.54, 1.807) is 13.8 Å². The lowest BCUT2D eigenvalue weighted by molar-refractivity contribution is -0.307. The number of ether oxygens (including phenoxy) is 6. The average Bonchev–Trinajstić information content (AvgIpc) is 2.79. The van der Waals surface area contributed by atoms with Gasteiger partial charge in [0, 0.05) is 27.7 Å². The van der Waals surface area contributed by atoms with E-state index in [9.17, 15) is 28.5 Å². The van der Waals surface area contributed by atoms with Crippen molar-refractivity contribution < 1.29 is 57.0 Å². The fraction of sp³-hybridized carbons (Fsp3) is 0.577. The second-order valence-electron chi connectivity index (χ2n) is 9.12. The molecule has 1 fully saturated rings. The summed E-state index contributed by atoms with van der Waals surface area (Å²) in [4.78, 5) is 59.9. The van der Waals surface area contributed by atoms with E-state index in [4.69, 9.17) is 28.4 Å². The number of esters is 4. The number of aryl methyl sites for hydroxylation is 3. The lowest BCUT2D eigenvalue weighted by Crippen LogP contribution is -2.63. The van der Waals surface area contributed by atoms with E-state index in [1.165, 1.54) is 0 Å². The van der Waals surface area contributed by atoms with Crippen LogP contribution in [0.25, 0.3) is 0 Å². The van der Waals surface area contributed by atoms with Gasteiger partial charge in [-0.05, 0) is 31.9 Å². The van der Waals surface area contributed by atoms with Gasteiger partial charge in [-0.3, -0.25) is 19.2 Å². The summed E-state index contributed by atoms with van der Waals surface area (Å²) in [5.41, 5.74) is 2.26. The van der Waals surface area contributed by atoms with Crippen LogP contribution in [0.15, 0.2) is 12.1 Å². The quantitative estimate of drug-likeness (QED) is 0.218. The molecular weight excluding hydrogens is 535 g/mol. The van der Waals surface area contributed by atoms with Gasteiger partial charge in [0.25, 0.3) is 0 Å². The van der Waals surface area contributed by atoms with E-state index in [0.29, 0.717) is 16.7 Å². The van der Waals surface area contributed by atoms with Gasteiger partial charge >= 0.3 is 37.2 Å². The second kappa shape index (κ2) is 14.3. The van der Waals surface area contributed by atoms with Crippen molar-refractivity contribution in [2.75, 3.05) is 19.4 Å². The number of hydrogen-bond acceptors (Lipinski definition) is 12. The molecule has 1 saturated heterocycles.